The number of anilines is 1. The Hall–Kier alpha value is -2.85. The summed E-state index contributed by atoms with van der Waals surface area (Å²) in [6, 6.07) is 17.8. The van der Waals surface area contributed by atoms with Crippen molar-refractivity contribution in [2.45, 2.75) is 46.2 Å². The maximum Gasteiger partial charge on any atom is 0.228 e. The molecule has 1 aliphatic rings. The molecule has 3 aromatic rings. The first-order valence-corrected chi connectivity index (χ1v) is 12.8. The third kappa shape index (κ3) is 5.61. The minimum atomic E-state index is -0.0196. The molecule has 1 amide bonds. The van der Waals surface area contributed by atoms with E-state index < -0.39 is 0 Å². The summed E-state index contributed by atoms with van der Waals surface area (Å²) in [4.78, 5) is 16.1. The summed E-state index contributed by atoms with van der Waals surface area (Å²) >= 11 is 7.48. The van der Waals surface area contributed by atoms with Crippen LogP contribution in [0.4, 0.5) is 5.00 Å². The molecule has 0 bridgehead atoms. The zero-order valence-electron chi connectivity index (χ0n) is 19.4. The van der Waals surface area contributed by atoms with Crippen molar-refractivity contribution in [1.82, 2.24) is 4.90 Å². The Morgan fingerprint density at radius 3 is 2.41 bits per heavy atom. The molecule has 176 valence electrons. The largest absolute Gasteiger partial charge is 0.457 e. The Morgan fingerprint density at radius 2 is 1.79 bits per heavy atom. The molecule has 5 nitrogen and oxygen atoms in total. The number of thiophene rings is 1. The fraction of sp³-hybridized carbons (Fsp3) is 0.333. The molecule has 1 aliphatic heterocycles. The second-order valence-electron chi connectivity index (χ2n) is 8.48. The highest BCUT2D eigenvalue weighted by molar-refractivity contribution is 7.16. The Kier molecular flexibility index (Phi) is 7.89. The smallest absolute Gasteiger partial charge is 0.228 e. The van der Waals surface area contributed by atoms with E-state index >= 15 is 0 Å². The summed E-state index contributed by atoms with van der Waals surface area (Å²) in [6.45, 7) is 6.51. The third-order valence-electron chi connectivity index (χ3n) is 6.22. The SMILES string of the molecule is CCC(CC)C(=O)Nc1sc2c(c1C#N)CCN(Cc1ccc(Oc3ccc(Cl)cc3)cc1)C2. The average Bonchev–Trinajstić information content (AvgIpc) is 3.18. The number of nitrogens with one attached hydrogen (secondary N) is 1. The number of halogens is 1. The summed E-state index contributed by atoms with van der Waals surface area (Å²) in [5.41, 5.74) is 2.93. The van der Waals surface area contributed by atoms with Gasteiger partial charge < -0.3 is 10.1 Å². The van der Waals surface area contributed by atoms with Crippen molar-refractivity contribution in [3.63, 3.8) is 0 Å². The average molecular weight is 494 g/mol. The molecule has 2 aromatic carbocycles. The van der Waals surface area contributed by atoms with Crippen LogP contribution in [0.3, 0.4) is 0 Å². The highest BCUT2D eigenvalue weighted by atomic mass is 35.5. The molecule has 1 N–H and O–H groups in total. The van der Waals surface area contributed by atoms with E-state index in [0.717, 1.165) is 56.0 Å². The van der Waals surface area contributed by atoms with Gasteiger partial charge in [-0.1, -0.05) is 37.6 Å². The number of carbonyl (C=O) groups excluding carboxylic acids is 1. The maximum atomic E-state index is 12.6. The van der Waals surface area contributed by atoms with E-state index in [9.17, 15) is 10.1 Å². The van der Waals surface area contributed by atoms with Gasteiger partial charge in [0.05, 0.1) is 5.56 Å². The molecule has 0 saturated heterocycles. The van der Waals surface area contributed by atoms with E-state index in [2.05, 4.69) is 28.4 Å². The van der Waals surface area contributed by atoms with Gasteiger partial charge in [0.25, 0.3) is 0 Å². The fourth-order valence-electron chi connectivity index (χ4n) is 4.23. The van der Waals surface area contributed by atoms with E-state index in [1.165, 1.54) is 10.4 Å². The summed E-state index contributed by atoms with van der Waals surface area (Å²) in [5.74, 6) is 1.52. The predicted octanol–water partition coefficient (Wildman–Crippen LogP) is 7.00. The first kappa shape index (κ1) is 24.3. The molecule has 0 aliphatic carbocycles. The third-order valence-corrected chi connectivity index (χ3v) is 7.60. The van der Waals surface area contributed by atoms with Gasteiger partial charge in [0.2, 0.25) is 5.91 Å². The van der Waals surface area contributed by atoms with Crippen LogP contribution >= 0.6 is 22.9 Å². The quantitative estimate of drug-likeness (QED) is 0.367. The number of hydrogen-bond donors (Lipinski definition) is 1. The van der Waals surface area contributed by atoms with Crippen molar-refractivity contribution in [3.05, 3.63) is 75.1 Å². The van der Waals surface area contributed by atoms with Crippen LogP contribution in [-0.4, -0.2) is 17.4 Å². The molecule has 2 heterocycles. The minimum Gasteiger partial charge on any atom is -0.457 e. The Balaban J connectivity index is 1.40. The van der Waals surface area contributed by atoms with Gasteiger partial charge >= 0.3 is 0 Å². The molecule has 34 heavy (non-hydrogen) atoms. The van der Waals surface area contributed by atoms with Crippen molar-refractivity contribution in [2.24, 2.45) is 5.92 Å². The zero-order valence-corrected chi connectivity index (χ0v) is 21.0. The number of benzene rings is 2. The normalized spacial score (nSPS) is 13.4. The van der Waals surface area contributed by atoms with Gasteiger partial charge in [-0.25, -0.2) is 0 Å². The first-order chi connectivity index (χ1) is 16.5. The van der Waals surface area contributed by atoms with Crippen molar-refractivity contribution in [3.8, 4) is 17.6 Å². The van der Waals surface area contributed by atoms with E-state index in [4.69, 9.17) is 16.3 Å². The van der Waals surface area contributed by atoms with Gasteiger partial charge in [0.15, 0.2) is 0 Å². The van der Waals surface area contributed by atoms with Crippen LogP contribution in [0.15, 0.2) is 48.5 Å². The van der Waals surface area contributed by atoms with E-state index in [-0.39, 0.29) is 11.8 Å². The lowest BCUT2D eigenvalue weighted by Gasteiger charge is -2.26. The number of rotatable bonds is 8. The molecule has 0 radical (unpaired) electrons. The van der Waals surface area contributed by atoms with E-state index in [0.29, 0.717) is 15.6 Å². The number of nitrogens with zero attached hydrogens (tertiary/aromatic N) is 2. The highest BCUT2D eigenvalue weighted by Crippen LogP contribution is 2.37. The molecule has 0 saturated carbocycles. The van der Waals surface area contributed by atoms with Crippen molar-refractivity contribution in [2.75, 3.05) is 11.9 Å². The highest BCUT2D eigenvalue weighted by Gasteiger charge is 2.26. The summed E-state index contributed by atoms with van der Waals surface area (Å²) in [5, 5.41) is 14.2. The van der Waals surface area contributed by atoms with Crippen LogP contribution in [0, 0.1) is 17.2 Å². The lowest BCUT2D eigenvalue weighted by atomic mass is 10.0. The number of fused-ring (bicyclic) bond motifs is 1. The predicted molar refractivity (Wildman–Crippen MR) is 138 cm³/mol. The van der Waals surface area contributed by atoms with Crippen molar-refractivity contribution in [1.29, 1.82) is 5.26 Å². The summed E-state index contributed by atoms with van der Waals surface area (Å²) in [6.07, 6.45) is 2.41. The molecule has 7 heteroatoms. The standard InChI is InChI=1S/C27H28ClN3O2S/c1-3-19(4-2)26(32)30-27-24(15-29)23-13-14-31(17-25(23)34-27)16-18-5-9-21(10-6-18)33-22-11-7-20(28)8-12-22/h5-12,19H,3-4,13-14,16-17H2,1-2H3,(H,30,32). The molecule has 4 rings (SSSR count). The van der Waals surface area contributed by atoms with Crippen molar-refractivity contribution >= 4 is 33.8 Å². The van der Waals surface area contributed by atoms with Gasteiger partial charge in [-0.3, -0.25) is 9.69 Å². The van der Waals surface area contributed by atoms with Crippen molar-refractivity contribution < 1.29 is 9.53 Å². The van der Waals surface area contributed by atoms with Crippen LogP contribution in [0.1, 0.15) is 48.3 Å². The Bertz CT molecular complexity index is 1180. The Morgan fingerprint density at radius 1 is 1.15 bits per heavy atom. The molecule has 1 aromatic heterocycles. The molecular weight excluding hydrogens is 466 g/mol. The topological polar surface area (TPSA) is 65.4 Å². The van der Waals surface area contributed by atoms with Crippen LogP contribution in [0.5, 0.6) is 11.5 Å². The van der Waals surface area contributed by atoms with Crippen LogP contribution < -0.4 is 10.1 Å². The van der Waals surface area contributed by atoms with Crippen LogP contribution in [-0.2, 0) is 24.3 Å². The zero-order chi connectivity index (χ0) is 24.1. The molecule has 0 unspecified atom stereocenters. The molecular formula is C27H28ClN3O2S. The lowest BCUT2D eigenvalue weighted by molar-refractivity contribution is -0.120. The second kappa shape index (κ2) is 11.1. The summed E-state index contributed by atoms with van der Waals surface area (Å²) in [7, 11) is 0. The number of nitriles is 1. The van der Waals surface area contributed by atoms with Crippen LogP contribution in [0.25, 0.3) is 0 Å². The Labute approximate surface area is 209 Å². The van der Waals surface area contributed by atoms with Gasteiger partial charge in [-0.05, 0) is 66.8 Å². The maximum absolute atomic E-state index is 12.6. The van der Waals surface area contributed by atoms with Gasteiger partial charge in [0, 0.05) is 35.5 Å². The lowest BCUT2D eigenvalue weighted by Crippen LogP contribution is -2.29. The number of carbonyl (C=O) groups is 1. The fourth-order valence-corrected chi connectivity index (χ4v) is 5.60. The van der Waals surface area contributed by atoms with E-state index in [1.54, 1.807) is 23.5 Å². The second-order valence-corrected chi connectivity index (χ2v) is 10.0. The minimum absolute atomic E-state index is 0.0119. The molecule has 0 spiro atoms. The number of ether oxygens (including phenoxy) is 1. The van der Waals surface area contributed by atoms with Gasteiger partial charge in [-0.2, -0.15) is 5.26 Å². The molecule has 0 fully saturated rings. The van der Waals surface area contributed by atoms with Gasteiger partial charge in [-0.15, -0.1) is 11.3 Å². The first-order valence-electron chi connectivity index (χ1n) is 11.6. The number of amides is 1. The summed E-state index contributed by atoms with van der Waals surface area (Å²) < 4.78 is 5.88. The van der Waals surface area contributed by atoms with Gasteiger partial charge in [0.1, 0.15) is 22.6 Å². The molecule has 0 atom stereocenters. The number of hydrogen-bond acceptors (Lipinski definition) is 5. The van der Waals surface area contributed by atoms with Crippen LogP contribution in [0.2, 0.25) is 5.02 Å². The monoisotopic (exact) mass is 493 g/mol. The van der Waals surface area contributed by atoms with E-state index in [1.807, 2.05) is 38.1 Å².